The van der Waals surface area contributed by atoms with E-state index in [9.17, 15) is 0 Å². The zero-order chi connectivity index (χ0) is 45.2. The summed E-state index contributed by atoms with van der Waals surface area (Å²) in [4.78, 5) is 2.36. The van der Waals surface area contributed by atoms with Gasteiger partial charge in [-0.25, -0.2) is 0 Å². The Morgan fingerprint density at radius 2 is 0.603 bits per heavy atom. The molecule has 320 valence electrons. The van der Waals surface area contributed by atoms with Crippen LogP contribution in [0.4, 0.5) is 17.1 Å². The predicted molar refractivity (Wildman–Crippen MR) is 286 cm³/mol. The van der Waals surface area contributed by atoms with Gasteiger partial charge in [0.15, 0.2) is 0 Å². The van der Waals surface area contributed by atoms with Gasteiger partial charge in [-0.15, -0.1) is 0 Å². The molecule has 0 fully saturated rings. The van der Waals surface area contributed by atoms with Gasteiger partial charge in [0, 0.05) is 28.0 Å². The van der Waals surface area contributed by atoms with E-state index in [0.29, 0.717) is 0 Å². The Morgan fingerprint density at radius 3 is 1.18 bits per heavy atom. The lowest BCUT2D eigenvalue weighted by molar-refractivity contribution is 0.632. The molecule has 12 rings (SSSR count). The van der Waals surface area contributed by atoms with Crippen LogP contribution in [-0.4, -0.2) is 0 Å². The molecule has 2 nitrogen and oxygen atoms in total. The fourth-order valence-corrected chi connectivity index (χ4v) is 9.77. The lowest BCUT2D eigenvalue weighted by Crippen LogP contribution is -2.09. The summed E-state index contributed by atoms with van der Waals surface area (Å²) in [7, 11) is 0. The van der Waals surface area contributed by atoms with Gasteiger partial charge >= 0.3 is 0 Å². The third kappa shape index (κ3) is 7.74. The summed E-state index contributed by atoms with van der Waals surface area (Å²) in [6.45, 7) is 0. The quantitative estimate of drug-likeness (QED) is 0.136. The molecule has 0 atom stereocenters. The molecule has 0 unspecified atom stereocenters. The van der Waals surface area contributed by atoms with Crippen molar-refractivity contribution in [2.75, 3.05) is 4.90 Å². The first-order valence-corrected chi connectivity index (χ1v) is 23.2. The van der Waals surface area contributed by atoms with Crippen LogP contribution in [0, 0.1) is 0 Å². The van der Waals surface area contributed by atoms with Crippen molar-refractivity contribution in [3.8, 4) is 78.1 Å². The molecule has 0 saturated heterocycles. The lowest BCUT2D eigenvalue weighted by Gasteiger charge is -2.26. The zero-order valence-corrected chi connectivity index (χ0v) is 37.3. The van der Waals surface area contributed by atoms with E-state index in [1.807, 2.05) is 18.2 Å². The third-order valence-corrected chi connectivity index (χ3v) is 13.2. The largest absolute Gasteiger partial charge is 0.456 e. The molecule has 2 heteroatoms. The van der Waals surface area contributed by atoms with E-state index in [4.69, 9.17) is 4.42 Å². The Hall–Kier alpha value is -8.98. The Labute approximate surface area is 397 Å². The standard InChI is InChI=1S/C66H45NO/c1-2-15-48(16-3-1)59-21-7-10-24-62(59)63-25-11-8-22-60(63)52-37-43-56(44-38-52)67(55-41-35-51(36-42-55)58-27-14-19-49-17-4-6-20-57(49)58)54-39-33-47(34-40-54)46-29-31-50(32-30-46)61-23-9-12-26-64(61)66-45-53-18-5-13-28-65(53)68-66/h1-45H. The normalized spacial score (nSPS) is 11.2. The Morgan fingerprint density at radius 1 is 0.235 bits per heavy atom. The minimum atomic E-state index is 0.873. The Balaban J connectivity index is 0.886. The van der Waals surface area contributed by atoms with Crippen LogP contribution >= 0.6 is 0 Å². The highest BCUT2D eigenvalue weighted by atomic mass is 16.3. The van der Waals surface area contributed by atoms with Gasteiger partial charge in [-0.2, -0.15) is 0 Å². The SMILES string of the molecule is c1ccc(-c2ccccc2-c2ccccc2-c2ccc(N(c3ccc(-c4ccc(-c5ccccc5-c5cc6ccccc6o5)cc4)cc3)c3ccc(-c4cccc5ccccc45)cc3)cc2)cc1. The summed E-state index contributed by atoms with van der Waals surface area (Å²) in [6.07, 6.45) is 0. The van der Waals surface area contributed by atoms with E-state index in [1.165, 1.54) is 49.7 Å². The fraction of sp³-hybridized carbons (Fsp3) is 0. The molecule has 1 heterocycles. The van der Waals surface area contributed by atoms with Crippen molar-refractivity contribution in [2.45, 2.75) is 0 Å². The molecule has 11 aromatic carbocycles. The lowest BCUT2D eigenvalue weighted by atomic mass is 9.89. The molecular formula is C66H45NO. The maximum Gasteiger partial charge on any atom is 0.136 e. The van der Waals surface area contributed by atoms with E-state index in [-0.39, 0.29) is 0 Å². The first kappa shape index (κ1) is 40.5. The topological polar surface area (TPSA) is 16.4 Å². The maximum atomic E-state index is 6.31. The molecule has 0 spiro atoms. The van der Waals surface area contributed by atoms with Crippen LogP contribution in [0.15, 0.2) is 277 Å². The summed E-state index contributed by atoms with van der Waals surface area (Å²) in [5.41, 5.74) is 19.4. The van der Waals surface area contributed by atoms with Gasteiger partial charge in [-0.3, -0.25) is 0 Å². The van der Waals surface area contributed by atoms with E-state index in [0.717, 1.165) is 67.2 Å². The van der Waals surface area contributed by atoms with Gasteiger partial charge in [-0.1, -0.05) is 224 Å². The van der Waals surface area contributed by atoms with Crippen molar-refractivity contribution in [3.63, 3.8) is 0 Å². The highest BCUT2D eigenvalue weighted by Gasteiger charge is 2.17. The molecule has 0 bridgehead atoms. The number of hydrogen-bond acceptors (Lipinski definition) is 2. The summed E-state index contributed by atoms with van der Waals surface area (Å²) in [6, 6.07) is 97.9. The second kappa shape index (κ2) is 17.8. The van der Waals surface area contributed by atoms with Crippen molar-refractivity contribution in [1.82, 2.24) is 0 Å². The molecule has 0 saturated carbocycles. The second-order valence-electron chi connectivity index (χ2n) is 17.2. The van der Waals surface area contributed by atoms with Crippen molar-refractivity contribution in [2.24, 2.45) is 0 Å². The number of fused-ring (bicyclic) bond motifs is 2. The molecule has 1 aromatic heterocycles. The number of furan rings is 1. The molecule has 0 radical (unpaired) electrons. The van der Waals surface area contributed by atoms with Crippen LogP contribution in [0.2, 0.25) is 0 Å². The van der Waals surface area contributed by atoms with Crippen molar-refractivity contribution in [3.05, 3.63) is 273 Å². The van der Waals surface area contributed by atoms with Gasteiger partial charge in [0.2, 0.25) is 0 Å². The van der Waals surface area contributed by atoms with Crippen LogP contribution in [0.25, 0.3) is 99.8 Å². The molecule has 0 aliphatic rings. The van der Waals surface area contributed by atoms with Gasteiger partial charge < -0.3 is 9.32 Å². The minimum Gasteiger partial charge on any atom is -0.456 e. The highest BCUT2D eigenvalue weighted by Crippen LogP contribution is 2.42. The Kier molecular flexibility index (Phi) is 10.6. The number of hydrogen-bond donors (Lipinski definition) is 0. The molecule has 0 N–H and O–H groups in total. The van der Waals surface area contributed by atoms with Gasteiger partial charge in [0.25, 0.3) is 0 Å². The number of benzene rings is 11. The first-order chi connectivity index (χ1) is 33.7. The third-order valence-electron chi connectivity index (χ3n) is 13.2. The van der Waals surface area contributed by atoms with E-state index in [2.05, 4.69) is 260 Å². The number of anilines is 3. The second-order valence-corrected chi connectivity index (χ2v) is 17.2. The monoisotopic (exact) mass is 867 g/mol. The van der Waals surface area contributed by atoms with Gasteiger partial charge in [-0.05, 0) is 126 Å². The van der Waals surface area contributed by atoms with Crippen LogP contribution in [0.5, 0.6) is 0 Å². The smallest absolute Gasteiger partial charge is 0.136 e. The van der Waals surface area contributed by atoms with E-state index in [1.54, 1.807) is 0 Å². The molecular weight excluding hydrogens is 823 g/mol. The molecule has 0 amide bonds. The number of para-hydroxylation sites is 1. The molecule has 68 heavy (non-hydrogen) atoms. The summed E-state index contributed by atoms with van der Waals surface area (Å²) in [5.74, 6) is 0.873. The van der Waals surface area contributed by atoms with Crippen LogP contribution < -0.4 is 4.90 Å². The summed E-state index contributed by atoms with van der Waals surface area (Å²) < 4.78 is 6.31. The van der Waals surface area contributed by atoms with Crippen molar-refractivity contribution < 1.29 is 4.42 Å². The number of rotatable bonds is 10. The van der Waals surface area contributed by atoms with Crippen molar-refractivity contribution in [1.29, 1.82) is 0 Å². The molecule has 12 aromatic rings. The van der Waals surface area contributed by atoms with Gasteiger partial charge in [0.1, 0.15) is 11.3 Å². The molecule has 0 aliphatic carbocycles. The van der Waals surface area contributed by atoms with Crippen LogP contribution in [0.1, 0.15) is 0 Å². The average Bonchev–Trinajstić information content (AvgIpc) is 3.86. The van der Waals surface area contributed by atoms with Crippen molar-refractivity contribution >= 4 is 38.8 Å². The van der Waals surface area contributed by atoms with Crippen LogP contribution in [0.3, 0.4) is 0 Å². The first-order valence-electron chi connectivity index (χ1n) is 23.2. The summed E-state index contributed by atoms with van der Waals surface area (Å²) >= 11 is 0. The minimum absolute atomic E-state index is 0.873. The summed E-state index contributed by atoms with van der Waals surface area (Å²) in [5, 5.41) is 3.59. The zero-order valence-electron chi connectivity index (χ0n) is 37.3. The van der Waals surface area contributed by atoms with E-state index < -0.39 is 0 Å². The fourth-order valence-electron chi connectivity index (χ4n) is 9.77. The van der Waals surface area contributed by atoms with E-state index >= 15 is 0 Å². The molecule has 0 aliphatic heterocycles. The maximum absolute atomic E-state index is 6.31. The Bertz CT molecular complexity index is 3660. The average molecular weight is 868 g/mol. The van der Waals surface area contributed by atoms with Crippen LogP contribution in [-0.2, 0) is 0 Å². The predicted octanol–water partition coefficient (Wildman–Crippen LogP) is 18.7. The highest BCUT2D eigenvalue weighted by molar-refractivity contribution is 5.97. The van der Waals surface area contributed by atoms with Gasteiger partial charge in [0.05, 0.1) is 0 Å². The number of nitrogens with zero attached hydrogens (tertiary/aromatic N) is 1.